The molecule has 1 aliphatic heterocycles. The van der Waals surface area contributed by atoms with Gasteiger partial charge in [-0.05, 0) is 67.8 Å². The minimum absolute atomic E-state index is 0.243. The largest absolute Gasteiger partial charge is 0.573 e. The third-order valence-corrected chi connectivity index (χ3v) is 6.02. The summed E-state index contributed by atoms with van der Waals surface area (Å²) in [7, 11) is 0. The molecule has 0 bridgehead atoms. The number of hydrogen-bond donors (Lipinski definition) is 1. The number of pyridine rings is 1. The Kier molecular flexibility index (Phi) is 6.40. The number of piperidine rings is 1. The molecule has 1 saturated heterocycles. The Morgan fingerprint density at radius 1 is 1.08 bits per heavy atom. The van der Waals surface area contributed by atoms with Crippen LogP contribution in [0.2, 0.25) is 0 Å². The van der Waals surface area contributed by atoms with Gasteiger partial charge >= 0.3 is 6.36 Å². The zero-order valence-electron chi connectivity index (χ0n) is 19.4. The molecule has 0 saturated carbocycles. The Bertz CT molecular complexity index is 1330. The molecule has 1 N–H and O–H groups in total. The molecular formula is C25H24F3N5O3. The van der Waals surface area contributed by atoms with Gasteiger partial charge in [0, 0.05) is 30.5 Å². The first-order valence-electron chi connectivity index (χ1n) is 11.5. The van der Waals surface area contributed by atoms with E-state index in [1.807, 2.05) is 29.8 Å². The van der Waals surface area contributed by atoms with Crippen LogP contribution in [-0.4, -0.2) is 50.4 Å². The van der Waals surface area contributed by atoms with E-state index in [9.17, 15) is 18.3 Å². The van der Waals surface area contributed by atoms with Gasteiger partial charge in [0.1, 0.15) is 29.2 Å². The number of anilines is 1. The van der Waals surface area contributed by atoms with Crippen LogP contribution in [0.5, 0.6) is 5.75 Å². The quantitative estimate of drug-likeness (QED) is 0.407. The summed E-state index contributed by atoms with van der Waals surface area (Å²) < 4.78 is 48.5. The zero-order valence-corrected chi connectivity index (χ0v) is 19.4. The van der Waals surface area contributed by atoms with Crippen molar-refractivity contribution in [2.45, 2.75) is 38.8 Å². The predicted octanol–water partition coefficient (Wildman–Crippen LogP) is 4.82. The minimum atomic E-state index is -4.74. The maximum absolute atomic E-state index is 12.4. The summed E-state index contributed by atoms with van der Waals surface area (Å²) in [5, 5.41) is 14.4. The van der Waals surface area contributed by atoms with Crippen LogP contribution in [0.4, 0.5) is 19.0 Å². The normalized spacial score (nSPS) is 14.9. The third kappa shape index (κ3) is 5.51. The third-order valence-electron chi connectivity index (χ3n) is 6.02. The lowest BCUT2D eigenvalue weighted by molar-refractivity contribution is -0.274. The van der Waals surface area contributed by atoms with Crippen molar-refractivity contribution in [2.75, 3.05) is 18.0 Å². The first-order valence-corrected chi connectivity index (χ1v) is 11.5. The molecule has 0 spiro atoms. The van der Waals surface area contributed by atoms with E-state index < -0.39 is 6.36 Å². The highest BCUT2D eigenvalue weighted by Crippen LogP contribution is 2.28. The van der Waals surface area contributed by atoms with E-state index in [2.05, 4.69) is 24.7 Å². The molecule has 5 rings (SSSR count). The number of aromatic nitrogens is 4. The molecule has 0 radical (unpaired) electrons. The van der Waals surface area contributed by atoms with Crippen LogP contribution in [0.15, 0.2) is 59.3 Å². The molecule has 3 aromatic heterocycles. The molecule has 1 aliphatic rings. The Morgan fingerprint density at radius 3 is 2.56 bits per heavy atom. The van der Waals surface area contributed by atoms with Crippen molar-refractivity contribution in [1.29, 1.82) is 0 Å². The average molecular weight is 499 g/mol. The predicted molar refractivity (Wildman–Crippen MR) is 125 cm³/mol. The first kappa shape index (κ1) is 23.9. The van der Waals surface area contributed by atoms with Crippen molar-refractivity contribution >= 4 is 5.82 Å². The van der Waals surface area contributed by atoms with Gasteiger partial charge in [-0.1, -0.05) is 0 Å². The zero-order chi connectivity index (χ0) is 25.3. The fourth-order valence-electron chi connectivity index (χ4n) is 4.13. The fourth-order valence-corrected chi connectivity index (χ4v) is 4.13. The first-order chi connectivity index (χ1) is 17.2. The van der Waals surface area contributed by atoms with Crippen LogP contribution < -0.4 is 9.64 Å². The highest BCUT2D eigenvalue weighted by Gasteiger charge is 2.31. The van der Waals surface area contributed by atoms with Crippen LogP contribution in [0.1, 0.15) is 24.1 Å². The summed E-state index contributed by atoms with van der Waals surface area (Å²) >= 11 is 0. The molecule has 4 heterocycles. The average Bonchev–Trinajstić information content (AvgIpc) is 3.47. The van der Waals surface area contributed by atoms with Gasteiger partial charge in [0.15, 0.2) is 0 Å². The van der Waals surface area contributed by atoms with Gasteiger partial charge in [0.25, 0.3) is 0 Å². The van der Waals surface area contributed by atoms with Gasteiger partial charge < -0.3 is 19.2 Å². The van der Waals surface area contributed by atoms with Crippen LogP contribution in [0.3, 0.4) is 0 Å². The highest BCUT2D eigenvalue weighted by molar-refractivity contribution is 5.62. The second-order valence-electron chi connectivity index (χ2n) is 8.68. The molecular weight excluding hydrogens is 475 g/mol. The summed E-state index contributed by atoms with van der Waals surface area (Å²) in [5.74, 6) is 0.889. The number of aliphatic hydroxyl groups excluding tert-OH is 1. The number of benzene rings is 1. The van der Waals surface area contributed by atoms with Gasteiger partial charge in [-0.3, -0.25) is 4.68 Å². The van der Waals surface area contributed by atoms with Crippen LogP contribution in [0.25, 0.3) is 22.8 Å². The Morgan fingerprint density at radius 2 is 1.83 bits per heavy atom. The molecule has 11 heteroatoms. The number of nitrogens with zero attached hydrogens (tertiary/aromatic N) is 5. The summed E-state index contributed by atoms with van der Waals surface area (Å²) in [6, 6.07) is 11.3. The molecule has 0 unspecified atom stereocenters. The Balaban J connectivity index is 1.29. The molecule has 1 aromatic carbocycles. The topological polar surface area (TPSA) is 89.4 Å². The van der Waals surface area contributed by atoms with Gasteiger partial charge in [0.05, 0.1) is 12.6 Å². The number of alkyl halides is 3. The van der Waals surface area contributed by atoms with Crippen molar-refractivity contribution < 1.29 is 27.4 Å². The second-order valence-corrected chi connectivity index (χ2v) is 8.68. The van der Waals surface area contributed by atoms with E-state index in [1.54, 1.807) is 6.20 Å². The number of aliphatic hydroxyl groups is 1. The minimum Gasteiger partial charge on any atom is -0.443 e. The lowest BCUT2D eigenvalue weighted by Gasteiger charge is -2.30. The molecule has 4 aromatic rings. The SMILES string of the molecule is Cc1cc(-c2nc(-c3ccc(OC(F)(F)F)cc3)co2)nn1Cc1ccnc(N2CCC(O)CC2)c1. The van der Waals surface area contributed by atoms with E-state index in [1.165, 1.54) is 30.5 Å². The van der Waals surface area contributed by atoms with Gasteiger partial charge in [-0.25, -0.2) is 9.97 Å². The second kappa shape index (κ2) is 9.65. The fraction of sp³-hybridized carbons (Fsp3) is 0.320. The van der Waals surface area contributed by atoms with E-state index >= 15 is 0 Å². The van der Waals surface area contributed by atoms with Gasteiger partial charge in [0.2, 0.25) is 5.89 Å². The Labute approximate surface area is 205 Å². The Hall–Kier alpha value is -3.86. The molecule has 1 fully saturated rings. The molecule has 188 valence electrons. The lowest BCUT2D eigenvalue weighted by atomic mass is 10.1. The molecule has 8 nitrogen and oxygen atoms in total. The van der Waals surface area contributed by atoms with Crippen LogP contribution in [-0.2, 0) is 6.54 Å². The summed E-state index contributed by atoms with van der Waals surface area (Å²) in [4.78, 5) is 11.1. The molecule has 0 atom stereocenters. The standard InChI is InChI=1S/C25H24F3N5O3/c1-16-12-21(24-30-22(15-35-24)18-2-4-20(5-3-18)36-25(26,27)28)31-33(16)14-17-6-9-29-23(13-17)32-10-7-19(34)8-11-32/h2-6,9,12-13,15,19,34H,7-8,10-11,14H2,1H3. The van der Waals surface area contributed by atoms with Crippen molar-refractivity contribution in [3.63, 3.8) is 0 Å². The number of halogens is 3. The van der Waals surface area contributed by atoms with E-state index in [0.29, 0.717) is 29.4 Å². The number of rotatable bonds is 6. The summed E-state index contributed by atoms with van der Waals surface area (Å²) in [5.41, 5.74) is 3.57. The lowest BCUT2D eigenvalue weighted by Crippen LogP contribution is -2.36. The maximum Gasteiger partial charge on any atom is 0.573 e. The maximum atomic E-state index is 12.4. The monoisotopic (exact) mass is 499 g/mol. The van der Waals surface area contributed by atoms with Crippen molar-refractivity contribution in [1.82, 2.24) is 19.7 Å². The molecule has 0 amide bonds. The van der Waals surface area contributed by atoms with E-state index in [4.69, 9.17) is 4.42 Å². The van der Waals surface area contributed by atoms with Crippen molar-refractivity contribution in [3.8, 4) is 28.6 Å². The number of ether oxygens (including phenoxy) is 1. The summed E-state index contributed by atoms with van der Waals surface area (Å²) in [6.07, 6.45) is -0.301. The van der Waals surface area contributed by atoms with Crippen molar-refractivity contribution in [2.24, 2.45) is 0 Å². The van der Waals surface area contributed by atoms with Gasteiger partial charge in [-0.15, -0.1) is 13.2 Å². The van der Waals surface area contributed by atoms with Gasteiger partial charge in [-0.2, -0.15) is 5.10 Å². The number of hydrogen-bond acceptors (Lipinski definition) is 7. The smallest absolute Gasteiger partial charge is 0.443 e. The molecule has 0 aliphatic carbocycles. The van der Waals surface area contributed by atoms with E-state index in [-0.39, 0.29) is 11.9 Å². The van der Waals surface area contributed by atoms with Crippen molar-refractivity contribution in [3.05, 3.63) is 66.2 Å². The number of oxazole rings is 1. The number of aryl methyl sites for hydroxylation is 1. The summed E-state index contributed by atoms with van der Waals surface area (Å²) in [6.45, 7) is 4.01. The van der Waals surface area contributed by atoms with E-state index in [0.717, 1.165) is 43.0 Å². The molecule has 36 heavy (non-hydrogen) atoms. The van der Waals surface area contributed by atoms with Crippen LogP contribution in [0, 0.1) is 6.92 Å². The van der Waals surface area contributed by atoms with Crippen LogP contribution >= 0.6 is 0 Å². The highest BCUT2D eigenvalue weighted by atomic mass is 19.4.